The van der Waals surface area contributed by atoms with Crippen molar-refractivity contribution in [2.75, 3.05) is 39.3 Å². The monoisotopic (exact) mass is 738 g/mol. The molecule has 2 aliphatic carbocycles. The molecule has 2 saturated carbocycles. The largest absolute Gasteiger partial charge is 0.394 e. The van der Waals surface area contributed by atoms with Crippen LogP contribution < -0.4 is 45.0 Å². The molecule has 5 fully saturated rings. The minimum Gasteiger partial charge on any atom is -0.394 e. The highest BCUT2D eigenvalue weighted by Gasteiger charge is 2.54. The fourth-order valence-electron chi connectivity index (χ4n) is 7.57. The number of hydrogen-bond donors (Lipinski definition) is 14. The lowest BCUT2D eigenvalue weighted by Crippen LogP contribution is -2.66. The van der Waals surface area contributed by atoms with Gasteiger partial charge < -0.3 is 104 Å². The third-order valence-electron chi connectivity index (χ3n) is 10.8. The lowest BCUT2D eigenvalue weighted by molar-refractivity contribution is -0.290. The van der Waals surface area contributed by atoms with E-state index in [9.17, 15) is 30.6 Å². The maximum atomic E-state index is 11.7. The van der Waals surface area contributed by atoms with Gasteiger partial charge >= 0.3 is 0 Å². The van der Waals surface area contributed by atoms with Crippen LogP contribution in [0.4, 0.5) is 0 Å². The minimum atomic E-state index is -1.57. The molecule has 0 amide bonds. The highest BCUT2D eigenvalue weighted by molar-refractivity contribution is 5.02. The summed E-state index contributed by atoms with van der Waals surface area (Å²) in [5.74, 6) is 0.544. The molecule has 3 saturated heterocycles. The van der Waals surface area contributed by atoms with E-state index in [1.807, 2.05) is 0 Å². The zero-order valence-corrected chi connectivity index (χ0v) is 28.9. The second-order valence-electron chi connectivity index (χ2n) is 14.8. The normalized spacial score (nSPS) is 48.4. The summed E-state index contributed by atoms with van der Waals surface area (Å²) < 4.78 is 36.4. The molecule has 0 bridgehead atoms. The van der Waals surface area contributed by atoms with Crippen LogP contribution in [0, 0.1) is 5.92 Å². The summed E-state index contributed by atoms with van der Waals surface area (Å²) in [5.41, 5.74) is 36.4. The summed E-state index contributed by atoms with van der Waals surface area (Å²) in [4.78, 5) is 0. The SMILES string of the molecule is NCC(O)CNC1CC(N)C(OC2OC(CNCC3CC(N)C3)CCC2N)C(OC2OC(CO)C(OC3OC(CN)C(O)C(O)C3N)C2O)C1O. The fraction of sp³-hybridized carbons (Fsp3) is 1.00. The smallest absolute Gasteiger partial charge is 0.187 e. The van der Waals surface area contributed by atoms with Gasteiger partial charge in [-0.15, -0.1) is 0 Å². The van der Waals surface area contributed by atoms with Crippen LogP contribution >= 0.6 is 0 Å². The molecule has 0 aromatic heterocycles. The summed E-state index contributed by atoms with van der Waals surface area (Å²) in [6.07, 6.45) is -12.6. The zero-order valence-electron chi connectivity index (χ0n) is 28.9. The first kappa shape index (κ1) is 41.4. The van der Waals surface area contributed by atoms with Gasteiger partial charge in [0.25, 0.3) is 0 Å². The van der Waals surface area contributed by atoms with Gasteiger partial charge in [0, 0.05) is 44.3 Å². The molecule has 51 heavy (non-hydrogen) atoms. The van der Waals surface area contributed by atoms with Gasteiger partial charge in [0.1, 0.15) is 48.8 Å². The quantitative estimate of drug-likeness (QED) is 0.0699. The number of aliphatic hydroxyl groups excluding tert-OH is 6. The predicted octanol–water partition coefficient (Wildman–Crippen LogP) is -7.52. The van der Waals surface area contributed by atoms with E-state index in [-0.39, 0.29) is 38.2 Å². The first-order valence-electron chi connectivity index (χ1n) is 18.2. The Kier molecular flexibility index (Phi) is 15.2. The summed E-state index contributed by atoms with van der Waals surface area (Å²) in [6.45, 7) is 0.733. The molecule has 0 aromatic carbocycles. The molecule has 20 heteroatoms. The Balaban J connectivity index is 1.28. The van der Waals surface area contributed by atoms with Crippen LogP contribution in [-0.2, 0) is 28.4 Å². The molecule has 0 radical (unpaired) electrons. The molecular formula is C31H62N8O12. The van der Waals surface area contributed by atoms with Crippen LogP contribution in [0.5, 0.6) is 0 Å². The number of nitrogens with one attached hydrogen (secondary N) is 2. The summed E-state index contributed by atoms with van der Waals surface area (Å²) >= 11 is 0. The van der Waals surface area contributed by atoms with Gasteiger partial charge in [-0.3, -0.25) is 0 Å². The van der Waals surface area contributed by atoms with Gasteiger partial charge in [0.2, 0.25) is 0 Å². The van der Waals surface area contributed by atoms with Gasteiger partial charge in [-0.1, -0.05) is 0 Å². The van der Waals surface area contributed by atoms with Crippen LogP contribution in [0.1, 0.15) is 32.1 Å². The van der Waals surface area contributed by atoms with E-state index in [2.05, 4.69) is 10.6 Å². The Hall–Kier alpha value is -0.800. The van der Waals surface area contributed by atoms with Crippen LogP contribution in [0.15, 0.2) is 0 Å². The number of aliphatic hydroxyl groups is 6. The van der Waals surface area contributed by atoms with Gasteiger partial charge in [0.15, 0.2) is 18.9 Å². The van der Waals surface area contributed by atoms with Crippen LogP contribution in [0.2, 0.25) is 0 Å². The number of hydrogen-bond acceptors (Lipinski definition) is 20. The molecular weight excluding hydrogens is 676 g/mol. The van der Waals surface area contributed by atoms with Crippen molar-refractivity contribution in [1.29, 1.82) is 0 Å². The average molecular weight is 739 g/mol. The Morgan fingerprint density at radius 2 is 1.39 bits per heavy atom. The van der Waals surface area contributed by atoms with Gasteiger partial charge in [-0.2, -0.15) is 0 Å². The molecule has 3 heterocycles. The Labute approximate surface area is 297 Å². The molecule has 298 valence electrons. The summed E-state index contributed by atoms with van der Waals surface area (Å²) in [7, 11) is 0. The van der Waals surface area contributed by atoms with E-state index >= 15 is 0 Å². The Morgan fingerprint density at radius 1 is 0.706 bits per heavy atom. The number of ether oxygens (including phenoxy) is 6. The first-order valence-corrected chi connectivity index (χ1v) is 18.2. The fourth-order valence-corrected chi connectivity index (χ4v) is 7.57. The van der Waals surface area contributed by atoms with E-state index < -0.39 is 111 Å². The minimum absolute atomic E-state index is 0.00289. The Morgan fingerprint density at radius 3 is 2.06 bits per heavy atom. The van der Waals surface area contributed by atoms with Crippen molar-refractivity contribution in [1.82, 2.24) is 10.6 Å². The molecule has 3 aliphatic heterocycles. The van der Waals surface area contributed by atoms with Crippen molar-refractivity contribution in [2.24, 2.45) is 40.3 Å². The second kappa shape index (κ2) is 18.7. The lowest BCUT2D eigenvalue weighted by Gasteiger charge is -2.47. The number of rotatable bonds is 16. The van der Waals surface area contributed by atoms with Crippen molar-refractivity contribution in [3.05, 3.63) is 0 Å². The third-order valence-corrected chi connectivity index (χ3v) is 10.8. The maximum absolute atomic E-state index is 11.7. The highest BCUT2D eigenvalue weighted by Crippen LogP contribution is 2.34. The van der Waals surface area contributed by atoms with Crippen LogP contribution in [-0.4, -0.2) is 186 Å². The Bertz CT molecular complexity index is 1060. The van der Waals surface area contributed by atoms with Crippen molar-refractivity contribution in [2.45, 2.75) is 148 Å². The molecule has 20 nitrogen and oxygen atoms in total. The van der Waals surface area contributed by atoms with Gasteiger partial charge in [-0.25, -0.2) is 0 Å². The van der Waals surface area contributed by atoms with Gasteiger partial charge in [-0.05, 0) is 44.6 Å². The molecule has 18 unspecified atom stereocenters. The molecule has 18 atom stereocenters. The summed E-state index contributed by atoms with van der Waals surface area (Å²) in [5, 5.41) is 70.5. The lowest BCUT2D eigenvalue weighted by atomic mass is 9.81. The standard InChI is InChI=1S/C31H62N8O12/c32-6-14(41)9-39-18-5-17(36)26(49-29-16(35)2-1-15(46-29)10-38-8-12-3-13(34)4-12)28(22(18)42)51-31-25(45)27(20(11-40)48-31)50-30-21(37)24(44)23(43)19(7-33)47-30/h12-31,38-45H,1-11,32-37H2. The topological polar surface area (TPSA) is 357 Å². The van der Waals surface area contributed by atoms with Crippen molar-refractivity contribution in [3.63, 3.8) is 0 Å². The van der Waals surface area contributed by atoms with E-state index in [0.29, 0.717) is 18.9 Å². The van der Waals surface area contributed by atoms with Crippen LogP contribution in [0.25, 0.3) is 0 Å². The van der Waals surface area contributed by atoms with Gasteiger partial charge in [0.05, 0.1) is 37.0 Å². The molecule has 20 N–H and O–H groups in total. The molecule has 5 aliphatic rings. The van der Waals surface area contributed by atoms with E-state index in [0.717, 1.165) is 25.8 Å². The predicted molar refractivity (Wildman–Crippen MR) is 179 cm³/mol. The van der Waals surface area contributed by atoms with Crippen molar-refractivity contribution < 1.29 is 59.1 Å². The van der Waals surface area contributed by atoms with E-state index in [4.69, 9.17) is 62.8 Å². The maximum Gasteiger partial charge on any atom is 0.187 e. The van der Waals surface area contributed by atoms with Crippen molar-refractivity contribution in [3.8, 4) is 0 Å². The van der Waals surface area contributed by atoms with Crippen molar-refractivity contribution >= 4 is 0 Å². The molecule has 0 aromatic rings. The molecule has 5 rings (SSSR count). The highest BCUT2D eigenvalue weighted by atomic mass is 16.8. The van der Waals surface area contributed by atoms with Crippen LogP contribution in [0.3, 0.4) is 0 Å². The zero-order chi connectivity index (χ0) is 37.0. The second-order valence-corrected chi connectivity index (χ2v) is 14.8. The molecule has 0 spiro atoms. The number of nitrogens with two attached hydrogens (primary N) is 6. The average Bonchev–Trinajstić information content (AvgIpc) is 3.40. The third kappa shape index (κ3) is 9.90. The first-order chi connectivity index (χ1) is 24.3. The van der Waals surface area contributed by atoms with E-state index in [1.54, 1.807) is 0 Å². The van der Waals surface area contributed by atoms with E-state index in [1.165, 1.54) is 0 Å². The summed E-state index contributed by atoms with van der Waals surface area (Å²) in [6, 6.07) is -2.88.